The van der Waals surface area contributed by atoms with Crippen molar-refractivity contribution >= 4 is 57.2 Å². The van der Waals surface area contributed by atoms with Crippen molar-refractivity contribution < 1.29 is 24.2 Å². The Kier molecular flexibility index (Phi) is 7.48. The number of nitrogens with zero attached hydrogens (tertiary/aromatic N) is 1. The number of hydrogen-bond acceptors (Lipinski definition) is 6. The zero-order valence-electron chi connectivity index (χ0n) is 20.5. The van der Waals surface area contributed by atoms with Crippen molar-refractivity contribution in [1.82, 2.24) is 9.88 Å². The van der Waals surface area contributed by atoms with Gasteiger partial charge in [0.15, 0.2) is 0 Å². The standard InChI is InChI=1S/C29H24N2O5S2/c1-35-25-10-3-18(15-23(25)21-5-4-19-11-12-30-24(19)17-21)16-26-27(32)31(29(37)38-26)13-2-14-36-22-8-6-20(7-9-22)28(33)34/h3-12,15-17,30H,2,13-14H2,1H3,(H,33,34). The summed E-state index contributed by atoms with van der Waals surface area (Å²) < 4.78 is 11.8. The molecular weight excluding hydrogens is 520 g/mol. The number of methoxy groups -OCH3 is 1. The SMILES string of the molecule is COc1ccc(C=C2SC(=S)N(CCCOc3ccc(C(=O)O)cc3)C2=O)cc1-c1ccc2cc[nH]c2c1. The summed E-state index contributed by atoms with van der Waals surface area (Å²) in [6, 6.07) is 20.3. The molecule has 0 atom stereocenters. The van der Waals surface area contributed by atoms with Gasteiger partial charge in [0.1, 0.15) is 15.8 Å². The second kappa shape index (κ2) is 11.1. The van der Waals surface area contributed by atoms with Gasteiger partial charge in [-0.05, 0) is 77.5 Å². The number of aromatic carboxylic acids is 1. The highest BCUT2D eigenvalue weighted by atomic mass is 32.2. The molecule has 9 heteroatoms. The van der Waals surface area contributed by atoms with Crippen LogP contribution in [0.15, 0.2) is 77.8 Å². The molecule has 2 heterocycles. The van der Waals surface area contributed by atoms with Gasteiger partial charge < -0.3 is 19.6 Å². The number of carboxylic acid groups (broad SMARTS) is 1. The van der Waals surface area contributed by atoms with Crippen molar-refractivity contribution in [1.29, 1.82) is 0 Å². The quantitative estimate of drug-likeness (QED) is 0.147. The van der Waals surface area contributed by atoms with Crippen molar-refractivity contribution in [2.75, 3.05) is 20.3 Å². The number of benzene rings is 3. The molecule has 0 saturated carbocycles. The fraction of sp³-hybridized carbons (Fsp3) is 0.138. The predicted molar refractivity (Wildman–Crippen MR) is 154 cm³/mol. The van der Waals surface area contributed by atoms with E-state index in [-0.39, 0.29) is 11.5 Å². The van der Waals surface area contributed by atoms with Crippen LogP contribution in [0.2, 0.25) is 0 Å². The minimum Gasteiger partial charge on any atom is -0.496 e. The highest BCUT2D eigenvalue weighted by Crippen LogP contribution is 2.36. The number of H-pyrrole nitrogens is 1. The van der Waals surface area contributed by atoms with Crippen LogP contribution in [0.25, 0.3) is 28.1 Å². The first-order valence-electron chi connectivity index (χ1n) is 11.9. The van der Waals surface area contributed by atoms with Crippen molar-refractivity contribution in [3.05, 3.63) is 89.0 Å². The molecule has 7 nitrogen and oxygen atoms in total. The van der Waals surface area contributed by atoms with Crippen LogP contribution in [0.1, 0.15) is 22.3 Å². The molecule has 2 N–H and O–H groups in total. The van der Waals surface area contributed by atoms with Crippen LogP contribution < -0.4 is 9.47 Å². The van der Waals surface area contributed by atoms with Crippen molar-refractivity contribution in [3.8, 4) is 22.6 Å². The van der Waals surface area contributed by atoms with E-state index < -0.39 is 5.97 Å². The van der Waals surface area contributed by atoms with E-state index in [2.05, 4.69) is 23.2 Å². The van der Waals surface area contributed by atoms with Gasteiger partial charge in [0.05, 0.1) is 24.2 Å². The first-order chi connectivity index (χ1) is 18.4. The van der Waals surface area contributed by atoms with Crippen molar-refractivity contribution in [2.45, 2.75) is 6.42 Å². The van der Waals surface area contributed by atoms with Crippen LogP contribution in [-0.2, 0) is 4.79 Å². The van der Waals surface area contributed by atoms with Crippen LogP contribution in [0.4, 0.5) is 0 Å². The Bertz CT molecular complexity index is 1560. The highest BCUT2D eigenvalue weighted by Gasteiger charge is 2.31. The zero-order valence-corrected chi connectivity index (χ0v) is 22.1. The summed E-state index contributed by atoms with van der Waals surface area (Å²) in [6.45, 7) is 0.800. The van der Waals surface area contributed by atoms with E-state index in [1.165, 1.54) is 23.9 Å². The number of nitrogens with one attached hydrogen (secondary N) is 1. The number of carbonyl (C=O) groups is 2. The smallest absolute Gasteiger partial charge is 0.335 e. The molecule has 0 aliphatic carbocycles. The lowest BCUT2D eigenvalue weighted by Gasteiger charge is -2.14. The summed E-state index contributed by atoms with van der Waals surface area (Å²) >= 11 is 6.76. The lowest BCUT2D eigenvalue weighted by Crippen LogP contribution is -2.29. The molecule has 0 unspecified atom stereocenters. The first-order valence-corrected chi connectivity index (χ1v) is 13.1. The zero-order chi connectivity index (χ0) is 26.6. The minimum atomic E-state index is -0.983. The summed E-state index contributed by atoms with van der Waals surface area (Å²) in [6.07, 6.45) is 4.35. The van der Waals surface area contributed by atoms with Gasteiger partial charge >= 0.3 is 5.97 Å². The molecular formula is C29H24N2O5S2. The van der Waals surface area contributed by atoms with E-state index in [1.807, 2.05) is 36.5 Å². The average molecular weight is 545 g/mol. The molecule has 1 fully saturated rings. The molecule has 192 valence electrons. The molecule has 38 heavy (non-hydrogen) atoms. The van der Waals surface area contributed by atoms with E-state index in [0.717, 1.165) is 33.3 Å². The molecule has 1 amide bonds. The normalized spacial score (nSPS) is 14.4. The Morgan fingerprint density at radius 1 is 1.11 bits per heavy atom. The molecule has 1 aliphatic heterocycles. The Morgan fingerprint density at radius 3 is 2.68 bits per heavy atom. The van der Waals surface area contributed by atoms with E-state index in [0.29, 0.717) is 34.5 Å². The number of aromatic amines is 1. The van der Waals surface area contributed by atoms with E-state index in [9.17, 15) is 9.59 Å². The molecule has 4 aromatic rings. The fourth-order valence-electron chi connectivity index (χ4n) is 4.21. The van der Waals surface area contributed by atoms with Gasteiger partial charge in [0.2, 0.25) is 0 Å². The van der Waals surface area contributed by atoms with Gasteiger partial charge in [0.25, 0.3) is 5.91 Å². The van der Waals surface area contributed by atoms with Gasteiger partial charge in [-0.1, -0.05) is 42.2 Å². The van der Waals surface area contributed by atoms with Gasteiger partial charge in [-0.25, -0.2) is 4.79 Å². The van der Waals surface area contributed by atoms with Crippen LogP contribution in [-0.4, -0.2) is 51.4 Å². The van der Waals surface area contributed by atoms with Gasteiger partial charge in [-0.2, -0.15) is 0 Å². The summed E-state index contributed by atoms with van der Waals surface area (Å²) in [7, 11) is 1.64. The van der Waals surface area contributed by atoms with Crippen LogP contribution in [0, 0.1) is 0 Å². The topological polar surface area (TPSA) is 91.9 Å². The number of carbonyl (C=O) groups excluding carboxylic acids is 1. The minimum absolute atomic E-state index is 0.129. The third-order valence-corrected chi connectivity index (χ3v) is 7.53. The second-order valence-electron chi connectivity index (χ2n) is 8.60. The number of hydrogen-bond donors (Lipinski definition) is 2. The predicted octanol–water partition coefficient (Wildman–Crippen LogP) is 6.21. The number of carboxylic acids is 1. The fourth-order valence-corrected chi connectivity index (χ4v) is 5.52. The van der Waals surface area contributed by atoms with E-state index >= 15 is 0 Å². The van der Waals surface area contributed by atoms with Crippen LogP contribution in [0.5, 0.6) is 11.5 Å². The maximum absolute atomic E-state index is 13.1. The molecule has 1 aliphatic rings. The van der Waals surface area contributed by atoms with Crippen molar-refractivity contribution in [2.24, 2.45) is 0 Å². The molecule has 0 spiro atoms. The Morgan fingerprint density at radius 2 is 1.92 bits per heavy atom. The van der Waals surface area contributed by atoms with Gasteiger partial charge in [0, 0.05) is 23.8 Å². The third-order valence-electron chi connectivity index (χ3n) is 6.16. The van der Waals surface area contributed by atoms with Crippen molar-refractivity contribution in [3.63, 3.8) is 0 Å². The molecule has 0 radical (unpaired) electrons. The molecule has 3 aromatic carbocycles. The number of ether oxygens (including phenoxy) is 2. The Balaban J connectivity index is 1.26. The molecule has 0 bridgehead atoms. The summed E-state index contributed by atoms with van der Waals surface area (Å²) in [5, 5.41) is 10.1. The van der Waals surface area contributed by atoms with Gasteiger partial charge in [-0.15, -0.1) is 0 Å². The average Bonchev–Trinajstić information content (AvgIpc) is 3.50. The van der Waals surface area contributed by atoms with E-state index in [1.54, 1.807) is 24.1 Å². The molecule has 1 aromatic heterocycles. The number of thiocarbonyl (C=S) groups is 1. The third kappa shape index (κ3) is 5.44. The van der Waals surface area contributed by atoms with Crippen LogP contribution >= 0.6 is 24.0 Å². The Labute approximate surface area is 229 Å². The van der Waals surface area contributed by atoms with Crippen LogP contribution in [0.3, 0.4) is 0 Å². The molecule has 5 rings (SSSR count). The first kappa shape index (κ1) is 25.6. The maximum atomic E-state index is 13.1. The summed E-state index contributed by atoms with van der Waals surface area (Å²) in [5.41, 5.74) is 4.06. The molecule has 1 saturated heterocycles. The largest absolute Gasteiger partial charge is 0.496 e. The second-order valence-corrected chi connectivity index (χ2v) is 10.3. The Hall–Kier alpha value is -4.08. The number of fused-ring (bicyclic) bond motifs is 1. The monoisotopic (exact) mass is 544 g/mol. The highest BCUT2D eigenvalue weighted by molar-refractivity contribution is 8.26. The summed E-state index contributed by atoms with van der Waals surface area (Å²) in [4.78, 5) is 29.5. The number of thioether (sulfide) groups is 1. The van der Waals surface area contributed by atoms with E-state index in [4.69, 9.17) is 26.8 Å². The maximum Gasteiger partial charge on any atom is 0.335 e. The van der Waals surface area contributed by atoms with Gasteiger partial charge in [-0.3, -0.25) is 9.69 Å². The number of rotatable bonds is 9. The lowest BCUT2D eigenvalue weighted by atomic mass is 10.0. The number of aromatic nitrogens is 1. The lowest BCUT2D eigenvalue weighted by molar-refractivity contribution is -0.122. The summed E-state index contributed by atoms with van der Waals surface area (Å²) in [5.74, 6) is 0.211. The number of amides is 1.